The number of halogens is 3. The van der Waals surface area contributed by atoms with Gasteiger partial charge < -0.3 is 23.7 Å². The number of hydrogen-bond acceptors (Lipinski definition) is 6. The van der Waals surface area contributed by atoms with E-state index < -0.39 is 51.7 Å². The van der Waals surface area contributed by atoms with Crippen molar-refractivity contribution in [2.75, 3.05) is 6.61 Å². The smallest absolute Gasteiger partial charge is 0.343 e. The number of ether oxygens (including phenoxy) is 5. The molecular formula is C15H21Cl3O6. The Hall–Kier alpha value is 0.180. The number of hydrogen-bond donors (Lipinski definition) is 0. The molecule has 0 unspecified atom stereocenters. The zero-order valence-electron chi connectivity index (χ0n) is 13.9. The van der Waals surface area contributed by atoms with Crippen molar-refractivity contribution < 1.29 is 28.5 Å². The minimum Gasteiger partial charge on any atom is -0.454 e. The molecule has 0 aromatic rings. The van der Waals surface area contributed by atoms with Gasteiger partial charge in [0.1, 0.15) is 18.3 Å². The Morgan fingerprint density at radius 3 is 2.17 bits per heavy atom. The summed E-state index contributed by atoms with van der Waals surface area (Å²) in [5, 5.41) is -0.627. The Bertz CT molecular complexity index is 523. The molecule has 3 aliphatic heterocycles. The van der Waals surface area contributed by atoms with Crippen molar-refractivity contribution in [3.05, 3.63) is 0 Å². The van der Waals surface area contributed by atoms with Gasteiger partial charge in [0.15, 0.2) is 17.7 Å². The van der Waals surface area contributed by atoms with Crippen molar-refractivity contribution in [3.8, 4) is 0 Å². The monoisotopic (exact) mass is 402 g/mol. The van der Waals surface area contributed by atoms with Gasteiger partial charge >= 0.3 is 5.97 Å². The van der Waals surface area contributed by atoms with Gasteiger partial charge in [0.2, 0.25) is 4.33 Å². The van der Waals surface area contributed by atoms with Crippen LogP contribution >= 0.6 is 34.8 Å². The Morgan fingerprint density at radius 1 is 0.958 bits per heavy atom. The zero-order chi connectivity index (χ0) is 17.9. The summed E-state index contributed by atoms with van der Waals surface area (Å²) in [6.45, 7) is 7.34. The number of carbonyl (C=O) groups excluding carboxylic acids is 1. The highest BCUT2D eigenvalue weighted by Gasteiger charge is 2.58. The van der Waals surface area contributed by atoms with Crippen LogP contribution in [0.4, 0.5) is 0 Å². The lowest BCUT2D eigenvalue weighted by molar-refractivity contribution is -0.195. The van der Waals surface area contributed by atoms with Crippen LogP contribution in [0.3, 0.4) is 0 Å². The average molecular weight is 404 g/mol. The molecule has 0 saturated carbocycles. The molecule has 138 valence electrons. The summed E-state index contributed by atoms with van der Waals surface area (Å²) in [5.41, 5.74) is 0. The number of cyclic esters (lactones) is 1. The van der Waals surface area contributed by atoms with E-state index in [0.29, 0.717) is 0 Å². The molecule has 24 heavy (non-hydrogen) atoms. The van der Waals surface area contributed by atoms with E-state index in [4.69, 9.17) is 58.5 Å². The maximum atomic E-state index is 12.4. The Labute approximate surface area is 155 Å². The van der Waals surface area contributed by atoms with Gasteiger partial charge in [0, 0.05) is 6.42 Å². The lowest BCUT2D eigenvalue weighted by Crippen LogP contribution is -2.54. The lowest BCUT2D eigenvalue weighted by atomic mass is 9.96. The molecule has 0 spiro atoms. The normalized spacial score (nSPS) is 43.6. The first-order chi connectivity index (χ1) is 10.9. The van der Waals surface area contributed by atoms with E-state index in [1.54, 1.807) is 27.7 Å². The van der Waals surface area contributed by atoms with E-state index in [1.165, 1.54) is 0 Å². The minimum absolute atomic E-state index is 0.0165. The summed E-state index contributed by atoms with van der Waals surface area (Å²) in [7, 11) is 0. The Morgan fingerprint density at radius 2 is 1.58 bits per heavy atom. The molecule has 5 atom stereocenters. The maximum Gasteiger partial charge on any atom is 0.343 e. The predicted molar refractivity (Wildman–Crippen MR) is 87.3 cm³/mol. The molecule has 6 nitrogen and oxygen atoms in total. The molecular weight excluding hydrogens is 383 g/mol. The second-order valence-corrected chi connectivity index (χ2v) is 9.27. The van der Waals surface area contributed by atoms with E-state index in [2.05, 4.69) is 0 Å². The van der Waals surface area contributed by atoms with Crippen LogP contribution in [0.1, 0.15) is 34.1 Å². The number of esters is 1. The summed E-state index contributed by atoms with van der Waals surface area (Å²) in [4.78, 5) is 12.4. The molecule has 0 aliphatic carbocycles. The lowest BCUT2D eigenvalue weighted by Gasteiger charge is -2.36. The third-order valence-corrected chi connectivity index (χ3v) is 5.25. The molecule has 9 heteroatoms. The van der Waals surface area contributed by atoms with Crippen molar-refractivity contribution in [3.63, 3.8) is 0 Å². The van der Waals surface area contributed by atoms with E-state index in [9.17, 15) is 4.79 Å². The summed E-state index contributed by atoms with van der Waals surface area (Å²) < 4.78 is 27.1. The van der Waals surface area contributed by atoms with Crippen LogP contribution in [0.25, 0.3) is 0 Å². The first kappa shape index (κ1) is 19.0. The quantitative estimate of drug-likeness (QED) is 0.495. The number of carbonyl (C=O) groups is 1. The second-order valence-electron chi connectivity index (χ2n) is 7.23. The van der Waals surface area contributed by atoms with Crippen LogP contribution in [0, 0.1) is 0 Å². The fourth-order valence-electron chi connectivity index (χ4n) is 3.24. The van der Waals surface area contributed by atoms with Gasteiger partial charge in [-0.15, -0.1) is 11.6 Å². The third kappa shape index (κ3) is 3.65. The Kier molecular flexibility index (Phi) is 4.83. The van der Waals surface area contributed by atoms with Gasteiger partial charge in [-0.25, -0.2) is 4.79 Å². The predicted octanol–water partition coefficient (Wildman–Crippen LogP) is 2.75. The SMILES string of the molecule is CC1(C)O[C@@H]2[C@H](O1)[C@H](Cl)CC(Cl)(Cl)C(=O)O[C@@H]2[C@H]1COC(C)(C)O1. The molecule has 0 N–H and O–H groups in total. The van der Waals surface area contributed by atoms with Crippen molar-refractivity contribution in [2.24, 2.45) is 0 Å². The fraction of sp³-hybridized carbons (Fsp3) is 0.933. The van der Waals surface area contributed by atoms with E-state index in [-0.39, 0.29) is 13.0 Å². The molecule has 3 fully saturated rings. The molecule has 0 bridgehead atoms. The minimum atomic E-state index is -1.76. The van der Waals surface area contributed by atoms with Crippen molar-refractivity contribution in [1.29, 1.82) is 0 Å². The summed E-state index contributed by atoms with van der Waals surface area (Å²) in [6.07, 6.45) is -2.52. The number of alkyl halides is 3. The van der Waals surface area contributed by atoms with Crippen LogP contribution in [-0.4, -0.2) is 58.3 Å². The molecule has 0 aromatic carbocycles. The first-order valence-electron chi connectivity index (χ1n) is 7.81. The molecule has 0 amide bonds. The molecule has 0 radical (unpaired) electrons. The highest BCUT2D eigenvalue weighted by Crippen LogP contribution is 2.43. The van der Waals surface area contributed by atoms with Crippen LogP contribution in [-0.2, 0) is 28.5 Å². The largest absolute Gasteiger partial charge is 0.454 e. The highest BCUT2D eigenvalue weighted by atomic mass is 35.5. The molecule has 3 saturated heterocycles. The van der Waals surface area contributed by atoms with Gasteiger partial charge in [0.05, 0.1) is 12.0 Å². The molecule has 0 aromatic heterocycles. The van der Waals surface area contributed by atoms with Crippen LogP contribution in [0.2, 0.25) is 0 Å². The van der Waals surface area contributed by atoms with Crippen LogP contribution < -0.4 is 0 Å². The fourth-order valence-corrected chi connectivity index (χ4v) is 4.24. The summed E-state index contributed by atoms with van der Waals surface area (Å²) in [5.74, 6) is -2.45. The van der Waals surface area contributed by atoms with E-state index in [0.717, 1.165) is 0 Å². The summed E-state index contributed by atoms with van der Waals surface area (Å²) in [6, 6.07) is 0. The molecule has 3 rings (SSSR count). The standard InChI is InChI=1S/C15H21Cl3O6/c1-13(2)20-6-8(22-13)10-11-9(23-14(3,4)24-11)7(16)5-15(17,18)12(19)21-10/h7-11H,5-6H2,1-4H3/t7-,8-,9-,10-,11-/m1/s1. The zero-order valence-corrected chi connectivity index (χ0v) is 16.2. The third-order valence-electron chi connectivity index (χ3n) is 4.23. The number of rotatable bonds is 1. The maximum absolute atomic E-state index is 12.4. The van der Waals surface area contributed by atoms with Gasteiger partial charge in [-0.05, 0) is 27.7 Å². The number of fused-ring (bicyclic) bond motifs is 1. The Balaban J connectivity index is 1.93. The molecule has 3 aliphatic rings. The van der Waals surface area contributed by atoms with Crippen molar-refractivity contribution >= 4 is 40.8 Å². The second kappa shape index (κ2) is 6.12. The topological polar surface area (TPSA) is 63.2 Å². The van der Waals surface area contributed by atoms with Gasteiger partial charge in [-0.3, -0.25) is 0 Å². The van der Waals surface area contributed by atoms with Crippen LogP contribution in [0.15, 0.2) is 0 Å². The highest BCUT2D eigenvalue weighted by molar-refractivity contribution is 6.57. The van der Waals surface area contributed by atoms with Gasteiger partial charge in [-0.2, -0.15) is 0 Å². The molecule has 3 heterocycles. The van der Waals surface area contributed by atoms with Crippen molar-refractivity contribution in [1.82, 2.24) is 0 Å². The van der Waals surface area contributed by atoms with E-state index >= 15 is 0 Å². The first-order valence-corrected chi connectivity index (χ1v) is 9.00. The average Bonchev–Trinajstić information content (AvgIpc) is 2.93. The van der Waals surface area contributed by atoms with Crippen LogP contribution in [0.5, 0.6) is 0 Å². The van der Waals surface area contributed by atoms with E-state index in [1.807, 2.05) is 0 Å². The van der Waals surface area contributed by atoms with Gasteiger partial charge in [0.25, 0.3) is 0 Å². The summed E-state index contributed by atoms with van der Waals surface area (Å²) >= 11 is 18.7. The van der Waals surface area contributed by atoms with Gasteiger partial charge in [-0.1, -0.05) is 23.2 Å². The van der Waals surface area contributed by atoms with Crippen molar-refractivity contribution in [2.45, 2.75) is 79.8 Å².